The molecule has 0 spiro atoms. The number of ether oxygens (including phenoxy) is 2. The van der Waals surface area contributed by atoms with Gasteiger partial charge in [-0.1, -0.05) is 6.07 Å². The number of alkyl halides is 3. The third kappa shape index (κ3) is 4.26. The highest BCUT2D eigenvalue weighted by Gasteiger charge is 2.33. The summed E-state index contributed by atoms with van der Waals surface area (Å²) in [5.41, 5.74) is -0.409. The molecular weight excluding hydrogens is 333 g/mol. The fourth-order valence-corrected chi connectivity index (χ4v) is 2.57. The second-order valence-electron chi connectivity index (χ2n) is 4.55. The molecule has 0 aliphatic carbocycles. The number of rotatable bonds is 6. The van der Waals surface area contributed by atoms with Crippen LogP contribution in [0.2, 0.25) is 0 Å². The average Bonchev–Trinajstić information content (AvgIpc) is 3.01. The number of aliphatic hydroxyl groups excluding tert-OH is 1. The summed E-state index contributed by atoms with van der Waals surface area (Å²) < 4.78 is 47.6. The third-order valence-electron chi connectivity index (χ3n) is 3.03. The van der Waals surface area contributed by atoms with E-state index in [1.165, 1.54) is 14.2 Å². The van der Waals surface area contributed by atoms with Gasteiger partial charge in [0.05, 0.1) is 20.3 Å². The summed E-state index contributed by atoms with van der Waals surface area (Å²) >= 11 is 0.829. The summed E-state index contributed by atoms with van der Waals surface area (Å²) in [7, 11) is 2.97. The van der Waals surface area contributed by atoms with E-state index in [1.807, 2.05) is 0 Å². The Morgan fingerprint density at radius 2 is 1.96 bits per heavy atom. The lowest BCUT2D eigenvalue weighted by Gasteiger charge is -2.14. The molecule has 2 aromatic rings. The van der Waals surface area contributed by atoms with Gasteiger partial charge in [0.2, 0.25) is 0 Å². The van der Waals surface area contributed by atoms with Gasteiger partial charge in [0.25, 0.3) is 0 Å². The number of anilines is 1. The summed E-state index contributed by atoms with van der Waals surface area (Å²) in [5.74, 6) is 0.976. The van der Waals surface area contributed by atoms with E-state index in [1.54, 1.807) is 18.2 Å². The third-order valence-corrected chi connectivity index (χ3v) is 3.83. The highest BCUT2D eigenvalue weighted by atomic mass is 32.1. The van der Waals surface area contributed by atoms with Crippen LogP contribution >= 0.6 is 11.3 Å². The second-order valence-corrected chi connectivity index (χ2v) is 5.40. The van der Waals surface area contributed by atoms with Crippen LogP contribution in [0.5, 0.6) is 11.5 Å². The first-order valence-electron chi connectivity index (χ1n) is 6.51. The number of aliphatic hydroxyl groups is 1. The molecule has 0 saturated heterocycles. The number of methoxy groups -OCH3 is 2. The molecule has 1 heterocycles. The minimum absolute atomic E-state index is 0.0142. The first-order chi connectivity index (χ1) is 10.8. The maximum atomic E-state index is 12.5. The summed E-state index contributed by atoms with van der Waals surface area (Å²) in [5, 5.41) is 13.8. The quantitative estimate of drug-likeness (QED) is 0.838. The number of hydrogen-bond donors (Lipinski definition) is 2. The highest BCUT2D eigenvalue weighted by molar-refractivity contribution is 7.13. The zero-order valence-electron chi connectivity index (χ0n) is 12.3. The van der Waals surface area contributed by atoms with Gasteiger partial charge in [0, 0.05) is 11.9 Å². The maximum Gasteiger partial charge on any atom is 0.434 e. The van der Waals surface area contributed by atoms with Crippen molar-refractivity contribution < 1.29 is 27.8 Å². The first-order valence-corrected chi connectivity index (χ1v) is 7.39. The molecule has 0 saturated carbocycles. The Balaban J connectivity index is 2.02. The van der Waals surface area contributed by atoms with Crippen molar-refractivity contribution in [3.8, 4) is 11.5 Å². The van der Waals surface area contributed by atoms with Crippen LogP contribution in [0.4, 0.5) is 18.3 Å². The number of halogens is 3. The lowest BCUT2D eigenvalue weighted by molar-refractivity contribution is -0.140. The van der Waals surface area contributed by atoms with E-state index in [0.717, 1.165) is 16.7 Å². The summed E-state index contributed by atoms with van der Waals surface area (Å²) in [6.45, 7) is 0.0142. The maximum absolute atomic E-state index is 12.5. The molecule has 2 rings (SSSR count). The van der Waals surface area contributed by atoms with Gasteiger partial charge in [-0.2, -0.15) is 13.2 Å². The lowest BCUT2D eigenvalue weighted by atomic mass is 10.1. The van der Waals surface area contributed by atoms with Crippen molar-refractivity contribution >= 4 is 16.5 Å². The van der Waals surface area contributed by atoms with Gasteiger partial charge < -0.3 is 19.9 Å². The predicted octanol–water partition coefficient (Wildman–Crippen LogP) is 3.32. The number of nitrogens with one attached hydrogen (secondary N) is 1. The topological polar surface area (TPSA) is 63.6 Å². The summed E-state index contributed by atoms with van der Waals surface area (Å²) in [4.78, 5) is 3.43. The molecule has 2 N–H and O–H groups in total. The molecule has 0 aliphatic heterocycles. The summed E-state index contributed by atoms with van der Waals surface area (Å²) in [6.07, 6.45) is -5.41. The monoisotopic (exact) mass is 348 g/mol. The zero-order valence-corrected chi connectivity index (χ0v) is 13.2. The van der Waals surface area contributed by atoms with Crippen LogP contribution in [0.3, 0.4) is 0 Å². The standard InChI is InChI=1S/C14H15F3N2O3S/c1-21-10-4-3-8(5-11(10)22-2)9(20)6-18-13-19-12(7-23-13)14(15,16)17/h3-5,7,9,20H,6H2,1-2H3,(H,18,19). The van der Waals surface area contributed by atoms with Crippen LogP contribution in [0, 0.1) is 0 Å². The van der Waals surface area contributed by atoms with Gasteiger partial charge in [-0.15, -0.1) is 11.3 Å². The molecule has 9 heteroatoms. The van der Waals surface area contributed by atoms with Crippen molar-refractivity contribution in [2.75, 3.05) is 26.1 Å². The van der Waals surface area contributed by atoms with Gasteiger partial charge in [0.15, 0.2) is 22.3 Å². The Bertz CT molecular complexity index is 661. The Labute approximate surface area is 134 Å². The van der Waals surface area contributed by atoms with Crippen molar-refractivity contribution in [2.24, 2.45) is 0 Å². The van der Waals surface area contributed by atoms with Crippen molar-refractivity contribution in [1.82, 2.24) is 4.98 Å². The van der Waals surface area contributed by atoms with E-state index in [-0.39, 0.29) is 11.7 Å². The van der Waals surface area contributed by atoms with Crippen LogP contribution in [0.25, 0.3) is 0 Å². The minimum Gasteiger partial charge on any atom is -0.493 e. The molecule has 1 aromatic heterocycles. The molecular formula is C14H15F3N2O3S. The van der Waals surface area contributed by atoms with E-state index in [2.05, 4.69) is 10.3 Å². The van der Waals surface area contributed by atoms with E-state index in [4.69, 9.17) is 9.47 Å². The van der Waals surface area contributed by atoms with Crippen molar-refractivity contribution in [3.63, 3.8) is 0 Å². The fourth-order valence-electron chi connectivity index (χ4n) is 1.85. The number of benzene rings is 1. The number of thiazole rings is 1. The average molecular weight is 348 g/mol. The zero-order chi connectivity index (χ0) is 17.0. The van der Waals surface area contributed by atoms with Gasteiger partial charge in [-0.05, 0) is 17.7 Å². The number of hydrogen-bond acceptors (Lipinski definition) is 6. The number of aromatic nitrogens is 1. The van der Waals surface area contributed by atoms with E-state index in [9.17, 15) is 18.3 Å². The fraction of sp³-hybridized carbons (Fsp3) is 0.357. The van der Waals surface area contributed by atoms with Crippen molar-refractivity contribution in [3.05, 3.63) is 34.8 Å². The SMILES string of the molecule is COc1ccc(C(O)CNc2nc(C(F)(F)F)cs2)cc1OC. The Morgan fingerprint density at radius 3 is 2.52 bits per heavy atom. The first kappa shape index (κ1) is 17.4. The molecule has 1 atom stereocenters. The van der Waals surface area contributed by atoms with Crippen LogP contribution in [0.15, 0.2) is 23.6 Å². The molecule has 0 amide bonds. The van der Waals surface area contributed by atoms with E-state index in [0.29, 0.717) is 17.1 Å². The second kappa shape index (κ2) is 7.05. The largest absolute Gasteiger partial charge is 0.493 e. The Kier molecular flexibility index (Phi) is 5.32. The molecule has 0 fully saturated rings. The number of nitrogens with zero attached hydrogens (tertiary/aromatic N) is 1. The van der Waals surface area contributed by atoms with Gasteiger partial charge in [-0.3, -0.25) is 0 Å². The molecule has 1 unspecified atom stereocenters. The Morgan fingerprint density at radius 1 is 1.26 bits per heavy atom. The van der Waals surface area contributed by atoms with Crippen molar-refractivity contribution in [2.45, 2.75) is 12.3 Å². The normalized spacial score (nSPS) is 12.8. The molecule has 1 aromatic carbocycles. The molecule has 23 heavy (non-hydrogen) atoms. The van der Waals surface area contributed by atoms with Crippen LogP contribution < -0.4 is 14.8 Å². The Hall–Kier alpha value is -2.00. The van der Waals surface area contributed by atoms with Gasteiger partial charge in [0.1, 0.15) is 0 Å². The molecule has 0 radical (unpaired) electrons. The van der Waals surface area contributed by atoms with E-state index < -0.39 is 18.0 Å². The molecule has 0 bridgehead atoms. The molecule has 126 valence electrons. The highest BCUT2D eigenvalue weighted by Crippen LogP contribution is 2.32. The van der Waals surface area contributed by atoms with Crippen LogP contribution in [0.1, 0.15) is 17.4 Å². The predicted molar refractivity (Wildman–Crippen MR) is 80.1 cm³/mol. The minimum atomic E-state index is -4.47. The smallest absolute Gasteiger partial charge is 0.434 e. The summed E-state index contributed by atoms with van der Waals surface area (Å²) in [6, 6.07) is 4.90. The van der Waals surface area contributed by atoms with E-state index >= 15 is 0 Å². The van der Waals surface area contributed by atoms with Crippen molar-refractivity contribution in [1.29, 1.82) is 0 Å². The molecule has 5 nitrogen and oxygen atoms in total. The van der Waals surface area contributed by atoms with Gasteiger partial charge in [-0.25, -0.2) is 4.98 Å². The molecule has 0 aliphatic rings. The van der Waals surface area contributed by atoms with Gasteiger partial charge >= 0.3 is 6.18 Å². The van der Waals surface area contributed by atoms with Crippen LogP contribution in [-0.4, -0.2) is 30.9 Å². The lowest BCUT2D eigenvalue weighted by Crippen LogP contribution is -2.13. The van der Waals surface area contributed by atoms with Crippen LogP contribution in [-0.2, 0) is 6.18 Å².